The van der Waals surface area contributed by atoms with E-state index in [1.54, 1.807) is 11.8 Å². The van der Waals surface area contributed by atoms with Gasteiger partial charge in [-0.25, -0.2) is 28.6 Å². The molecule has 1 aliphatic rings. The summed E-state index contributed by atoms with van der Waals surface area (Å²) in [6, 6.07) is 0. The fraction of sp³-hybridized carbons (Fsp3) is 0.654. The van der Waals surface area contributed by atoms with Crippen LogP contribution in [-0.2, 0) is 45.9 Å². The highest BCUT2D eigenvalue weighted by molar-refractivity contribution is 7.99. The molecule has 300 valence electrons. The molecule has 0 spiro atoms. The molecule has 0 saturated carbocycles. The molecule has 0 bridgehead atoms. The lowest BCUT2D eigenvalue weighted by atomic mass is 9.87. The van der Waals surface area contributed by atoms with Crippen molar-refractivity contribution in [1.29, 1.82) is 0 Å². The standard InChI is InChI=1S/C26H44N7O16P3S/c1-15(2)6-9-53-10-8-28-17(34)5-7-29-24(37)21(36)26(3,4)12-46-52(43,44)49-51(41,42)45-11-16-20(48-50(38,39)40)19(35)25(47-16)33-14-32-18-22(27)30-13-31-23(18)33/h13-14,16,19-21,25,35-36H,1,5-12H2,2-4H3,(H,28,34)(H,29,37)(H,41,42)(H,43,44)(H2,27,30,31)(H2,38,39,40)/t16-,19-,20-,21+,25-/m1/s1. The molecule has 3 rings (SSSR count). The molecule has 1 aliphatic heterocycles. The van der Waals surface area contributed by atoms with E-state index in [1.165, 1.54) is 13.8 Å². The monoisotopic (exact) mass is 835 g/mol. The average molecular weight is 836 g/mol. The normalized spacial score (nSPS) is 22.2. The zero-order chi connectivity index (χ0) is 39.8. The van der Waals surface area contributed by atoms with Crippen molar-refractivity contribution in [2.24, 2.45) is 5.41 Å². The minimum Gasteiger partial charge on any atom is -0.386 e. The summed E-state index contributed by atoms with van der Waals surface area (Å²) in [4.78, 5) is 75.4. The Bertz CT molecular complexity index is 1750. The van der Waals surface area contributed by atoms with Crippen LogP contribution in [0.1, 0.15) is 39.8 Å². The van der Waals surface area contributed by atoms with E-state index in [2.05, 4.69) is 41.0 Å². The van der Waals surface area contributed by atoms with Gasteiger partial charge < -0.3 is 50.9 Å². The number of aliphatic hydroxyl groups is 2. The molecule has 27 heteroatoms. The van der Waals surface area contributed by atoms with Crippen molar-refractivity contribution >= 4 is 64.0 Å². The molecule has 53 heavy (non-hydrogen) atoms. The Morgan fingerprint density at radius 3 is 2.42 bits per heavy atom. The minimum absolute atomic E-state index is 0.0355. The highest BCUT2D eigenvalue weighted by atomic mass is 32.2. The fourth-order valence-corrected chi connectivity index (χ4v) is 8.32. The Morgan fingerprint density at radius 1 is 1.08 bits per heavy atom. The lowest BCUT2D eigenvalue weighted by Gasteiger charge is -2.30. The van der Waals surface area contributed by atoms with Crippen molar-refractivity contribution in [1.82, 2.24) is 30.2 Å². The van der Waals surface area contributed by atoms with E-state index in [9.17, 15) is 53.1 Å². The Labute approximate surface area is 307 Å². The largest absolute Gasteiger partial charge is 0.481 e. The van der Waals surface area contributed by atoms with Gasteiger partial charge >= 0.3 is 23.5 Å². The van der Waals surface area contributed by atoms with E-state index in [4.69, 9.17) is 19.5 Å². The molecule has 2 aromatic rings. The number of carbonyl (C=O) groups is 2. The Kier molecular flexibility index (Phi) is 16.1. The third-order valence-electron chi connectivity index (χ3n) is 7.32. The summed E-state index contributed by atoms with van der Waals surface area (Å²) in [6.07, 6.45) is -5.85. The summed E-state index contributed by atoms with van der Waals surface area (Å²) in [5, 5.41) is 26.5. The number of hydrogen-bond donors (Lipinski definition) is 9. The van der Waals surface area contributed by atoms with Crippen molar-refractivity contribution < 1.29 is 75.7 Å². The summed E-state index contributed by atoms with van der Waals surface area (Å²) >= 11 is 1.65. The van der Waals surface area contributed by atoms with E-state index >= 15 is 0 Å². The number of carbonyl (C=O) groups excluding carboxylic acids is 2. The molecule has 3 heterocycles. The number of amides is 2. The molecule has 1 saturated heterocycles. The van der Waals surface area contributed by atoms with Gasteiger partial charge in [0.05, 0.1) is 19.5 Å². The van der Waals surface area contributed by atoms with Crippen molar-refractivity contribution in [2.75, 3.05) is 43.5 Å². The van der Waals surface area contributed by atoms with Gasteiger partial charge in [0.2, 0.25) is 11.8 Å². The smallest absolute Gasteiger partial charge is 0.386 e. The quantitative estimate of drug-likeness (QED) is 0.0431. The Balaban J connectivity index is 1.51. The van der Waals surface area contributed by atoms with Crippen molar-refractivity contribution in [2.45, 2.75) is 64.3 Å². The summed E-state index contributed by atoms with van der Waals surface area (Å²) in [6.45, 7) is 6.62. The highest BCUT2D eigenvalue weighted by Crippen LogP contribution is 2.61. The number of rotatable bonds is 22. The number of nitrogens with two attached hydrogens (primary N) is 1. The number of fused-ring (bicyclic) bond motifs is 1. The lowest BCUT2D eigenvalue weighted by molar-refractivity contribution is -0.137. The third-order valence-corrected chi connectivity index (χ3v) is 11.4. The van der Waals surface area contributed by atoms with Crippen LogP contribution in [0, 0.1) is 5.41 Å². The molecule has 2 unspecified atom stereocenters. The number of aliphatic hydroxyl groups excluding tert-OH is 2. The molecule has 2 amide bonds. The van der Waals surface area contributed by atoms with Gasteiger partial charge in [-0.15, -0.1) is 6.58 Å². The predicted molar refractivity (Wildman–Crippen MR) is 186 cm³/mol. The van der Waals surface area contributed by atoms with Gasteiger partial charge in [0.15, 0.2) is 17.7 Å². The van der Waals surface area contributed by atoms with Gasteiger partial charge in [0.25, 0.3) is 0 Å². The zero-order valence-corrected chi connectivity index (χ0v) is 32.3. The first kappa shape index (κ1) is 45.0. The molecule has 7 atom stereocenters. The number of allylic oxidation sites excluding steroid dienone is 1. The number of aromatic nitrogens is 4. The van der Waals surface area contributed by atoms with E-state index in [0.29, 0.717) is 12.3 Å². The summed E-state index contributed by atoms with van der Waals surface area (Å²) < 4.78 is 62.0. The summed E-state index contributed by atoms with van der Waals surface area (Å²) in [7, 11) is -16.3. The lowest BCUT2D eigenvalue weighted by Crippen LogP contribution is -2.46. The second-order valence-electron chi connectivity index (χ2n) is 12.4. The number of nitrogens with zero attached hydrogens (tertiary/aromatic N) is 4. The van der Waals surface area contributed by atoms with Gasteiger partial charge in [-0.2, -0.15) is 16.1 Å². The second-order valence-corrected chi connectivity index (χ2v) is 17.8. The topological polar surface area (TPSA) is 347 Å². The van der Waals surface area contributed by atoms with E-state index in [0.717, 1.165) is 35.0 Å². The van der Waals surface area contributed by atoms with Gasteiger partial charge in [-0.1, -0.05) is 19.4 Å². The predicted octanol–water partition coefficient (Wildman–Crippen LogP) is 0.104. The van der Waals surface area contributed by atoms with Crippen LogP contribution in [0.2, 0.25) is 0 Å². The first-order valence-corrected chi connectivity index (χ1v) is 21.3. The number of nitrogen functional groups attached to an aromatic ring is 1. The second kappa shape index (κ2) is 19.0. The van der Waals surface area contributed by atoms with Crippen LogP contribution >= 0.6 is 35.2 Å². The zero-order valence-electron chi connectivity index (χ0n) is 28.8. The first-order chi connectivity index (χ1) is 24.5. The third kappa shape index (κ3) is 14.0. The number of ether oxygens (including phenoxy) is 1. The van der Waals surface area contributed by atoms with Crippen molar-refractivity contribution in [3.8, 4) is 0 Å². The van der Waals surface area contributed by atoms with Crippen LogP contribution in [0.25, 0.3) is 11.2 Å². The molecule has 0 radical (unpaired) electrons. The first-order valence-electron chi connectivity index (χ1n) is 15.6. The number of phosphoric acid groups is 3. The van der Waals surface area contributed by atoms with Crippen LogP contribution in [0.3, 0.4) is 0 Å². The van der Waals surface area contributed by atoms with Crippen LogP contribution in [0.5, 0.6) is 0 Å². The maximum absolute atomic E-state index is 12.6. The molecule has 0 aromatic carbocycles. The van der Waals surface area contributed by atoms with E-state index < -0.39 is 78.6 Å². The summed E-state index contributed by atoms with van der Waals surface area (Å²) in [5.41, 5.74) is 5.38. The van der Waals surface area contributed by atoms with Gasteiger partial charge in [0.1, 0.15) is 36.3 Å². The van der Waals surface area contributed by atoms with Crippen molar-refractivity contribution in [3.05, 3.63) is 24.8 Å². The SMILES string of the molecule is C=C(C)CCSCCNC(=O)CCNC(=O)[C@H](O)C(C)(C)COP(=O)(O)OP(=O)(O)OC[C@H]1O[C@@H](n2cnc3c(N)ncnc32)[C@H](O)[C@@H]1OP(=O)(O)O. The van der Waals surface area contributed by atoms with Crippen LogP contribution < -0.4 is 16.4 Å². The fourth-order valence-electron chi connectivity index (χ4n) is 4.55. The molecular weight excluding hydrogens is 791 g/mol. The maximum atomic E-state index is 12.6. The number of hydrogen-bond acceptors (Lipinski definition) is 17. The molecule has 10 N–H and O–H groups in total. The maximum Gasteiger partial charge on any atom is 0.481 e. The van der Waals surface area contributed by atoms with E-state index in [1.807, 2.05) is 6.92 Å². The molecule has 1 fully saturated rings. The highest BCUT2D eigenvalue weighted by Gasteiger charge is 2.50. The van der Waals surface area contributed by atoms with Gasteiger partial charge in [-0.3, -0.25) is 27.7 Å². The number of anilines is 1. The van der Waals surface area contributed by atoms with Crippen LogP contribution in [-0.4, -0.2) is 123 Å². The Morgan fingerprint density at radius 2 is 1.75 bits per heavy atom. The summed E-state index contributed by atoms with van der Waals surface area (Å²) in [5.74, 6) is 0.277. The Hall–Kier alpha value is -2.37. The number of phosphoric ester groups is 3. The number of imidazole rings is 1. The number of nitrogens with one attached hydrogen (secondary N) is 2. The average Bonchev–Trinajstić information content (AvgIpc) is 3.60. The minimum atomic E-state index is -5.55. The van der Waals surface area contributed by atoms with Crippen LogP contribution in [0.4, 0.5) is 5.82 Å². The molecule has 2 aromatic heterocycles. The van der Waals surface area contributed by atoms with Gasteiger partial charge in [0, 0.05) is 30.7 Å². The molecular formula is C26H44N7O16P3S. The van der Waals surface area contributed by atoms with Gasteiger partial charge in [-0.05, 0) is 19.1 Å². The molecule has 0 aliphatic carbocycles. The molecule has 23 nitrogen and oxygen atoms in total. The number of thioether (sulfide) groups is 1. The van der Waals surface area contributed by atoms with E-state index in [-0.39, 0.29) is 35.9 Å². The van der Waals surface area contributed by atoms with Crippen molar-refractivity contribution in [3.63, 3.8) is 0 Å². The van der Waals surface area contributed by atoms with Crippen LogP contribution in [0.15, 0.2) is 24.8 Å².